The summed E-state index contributed by atoms with van der Waals surface area (Å²) in [5.74, 6) is -0.0913. The number of benzene rings is 1. The van der Waals surface area contributed by atoms with Gasteiger partial charge in [0.05, 0.1) is 12.1 Å². The fourth-order valence-electron chi connectivity index (χ4n) is 1.43. The highest BCUT2D eigenvalue weighted by Gasteiger charge is 2.13. The van der Waals surface area contributed by atoms with E-state index in [-0.39, 0.29) is 11.9 Å². The third-order valence-electron chi connectivity index (χ3n) is 2.49. The second-order valence-corrected chi connectivity index (χ2v) is 4.73. The summed E-state index contributed by atoms with van der Waals surface area (Å²) in [4.78, 5) is 11.3. The molecule has 0 saturated carbocycles. The summed E-state index contributed by atoms with van der Waals surface area (Å²) in [6.45, 7) is 2.09. The maximum absolute atomic E-state index is 11.3. The van der Waals surface area contributed by atoms with Crippen molar-refractivity contribution in [3.63, 3.8) is 0 Å². The molecule has 3 N–H and O–H groups in total. The smallest absolute Gasteiger partial charge is 0.236 e. The van der Waals surface area contributed by atoms with Gasteiger partial charge in [-0.15, -0.1) is 0 Å². The van der Waals surface area contributed by atoms with Gasteiger partial charge in [0.25, 0.3) is 0 Å². The number of nitrogens with one attached hydrogen (secondary N) is 2. The topological polar surface area (TPSA) is 61.4 Å². The summed E-state index contributed by atoms with van der Waals surface area (Å²) in [6.07, 6.45) is -0.625. The van der Waals surface area contributed by atoms with Gasteiger partial charge in [-0.05, 0) is 24.6 Å². The Morgan fingerprint density at radius 2 is 2.24 bits per heavy atom. The average Bonchev–Trinajstić information content (AvgIpc) is 2.34. The van der Waals surface area contributed by atoms with Crippen molar-refractivity contribution in [2.75, 3.05) is 13.6 Å². The number of hydrogen-bond donors (Lipinski definition) is 3. The van der Waals surface area contributed by atoms with Gasteiger partial charge in [-0.25, -0.2) is 0 Å². The lowest BCUT2D eigenvalue weighted by Crippen LogP contribution is -2.42. The summed E-state index contributed by atoms with van der Waals surface area (Å²) in [7, 11) is 1.59. The summed E-state index contributed by atoms with van der Waals surface area (Å²) < 4.78 is 0.924. The monoisotopic (exact) mass is 300 g/mol. The van der Waals surface area contributed by atoms with Crippen molar-refractivity contribution in [2.45, 2.75) is 19.1 Å². The van der Waals surface area contributed by atoms with Crippen molar-refractivity contribution in [2.24, 2.45) is 0 Å². The Bertz CT molecular complexity index is 385. The molecule has 0 bridgehead atoms. The van der Waals surface area contributed by atoms with Gasteiger partial charge in [0.1, 0.15) is 0 Å². The quantitative estimate of drug-likeness (QED) is 0.766. The molecule has 0 fully saturated rings. The Hall–Kier alpha value is -0.910. The molecule has 1 aromatic rings. The van der Waals surface area contributed by atoms with Crippen LogP contribution >= 0.6 is 15.9 Å². The van der Waals surface area contributed by atoms with Crippen LogP contribution in [0, 0.1) is 0 Å². The van der Waals surface area contributed by atoms with Crippen LogP contribution in [0.3, 0.4) is 0 Å². The third kappa shape index (κ3) is 4.46. The van der Waals surface area contributed by atoms with Crippen molar-refractivity contribution in [3.05, 3.63) is 34.3 Å². The van der Waals surface area contributed by atoms with Gasteiger partial charge < -0.3 is 15.7 Å². The number of carbonyl (C=O) groups excluding carboxylic acids is 1. The van der Waals surface area contributed by atoms with Crippen molar-refractivity contribution in [3.8, 4) is 0 Å². The van der Waals surface area contributed by atoms with Gasteiger partial charge in [0.15, 0.2) is 0 Å². The predicted molar refractivity (Wildman–Crippen MR) is 70.6 cm³/mol. The third-order valence-corrected chi connectivity index (χ3v) is 2.98. The Morgan fingerprint density at radius 3 is 2.82 bits per heavy atom. The van der Waals surface area contributed by atoms with E-state index in [0.29, 0.717) is 6.54 Å². The average molecular weight is 301 g/mol. The number of aliphatic hydroxyl groups excluding tert-OH is 1. The van der Waals surface area contributed by atoms with Crippen LogP contribution in [0.4, 0.5) is 0 Å². The fraction of sp³-hybridized carbons (Fsp3) is 0.417. The van der Waals surface area contributed by atoms with Crippen LogP contribution in [0.1, 0.15) is 18.6 Å². The van der Waals surface area contributed by atoms with Crippen molar-refractivity contribution in [1.29, 1.82) is 0 Å². The van der Waals surface area contributed by atoms with E-state index in [4.69, 9.17) is 0 Å². The summed E-state index contributed by atoms with van der Waals surface area (Å²) >= 11 is 3.35. The van der Waals surface area contributed by atoms with Gasteiger partial charge in [-0.2, -0.15) is 0 Å². The molecule has 1 amide bonds. The molecule has 94 valence electrons. The first-order valence-electron chi connectivity index (χ1n) is 5.43. The largest absolute Gasteiger partial charge is 0.387 e. The number of rotatable bonds is 5. The number of halogens is 1. The van der Waals surface area contributed by atoms with E-state index in [0.717, 1.165) is 10.0 Å². The highest BCUT2D eigenvalue weighted by atomic mass is 79.9. The zero-order chi connectivity index (χ0) is 12.8. The molecule has 4 nitrogen and oxygen atoms in total. The summed E-state index contributed by atoms with van der Waals surface area (Å²) in [5.41, 5.74) is 0.816. The van der Waals surface area contributed by atoms with Crippen LogP contribution in [0.15, 0.2) is 28.7 Å². The Kier molecular flexibility index (Phi) is 5.61. The zero-order valence-electron chi connectivity index (χ0n) is 9.90. The number of hydrogen-bond acceptors (Lipinski definition) is 3. The molecule has 1 aromatic carbocycles. The first-order valence-corrected chi connectivity index (χ1v) is 6.22. The number of likely N-dealkylation sites (N-methyl/N-ethyl adjacent to an activating group) is 1. The highest BCUT2D eigenvalue weighted by molar-refractivity contribution is 9.10. The van der Waals surface area contributed by atoms with Crippen LogP contribution in [-0.4, -0.2) is 30.6 Å². The summed E-state index contributed by atoms with van der Waals surface area (Å²) in [5, 5.41) is 15.5. The number of aliphatic hydroxyl groups is 1. The molecule has 0 radical (unpaired) electrons. The highest BCUT2D eigenvalue weighted by Crippen LogP contribution is 2.17. The van der Waals surface area contributed by atoms with Gasteiger partial charge in [0.2, 0.25) is 5.91 Å². The minimum atomic E-state index is -0.625. The van der Waals surface area contributed by atoms with E-state index >= 15 is 0 Å². The molecule has 1 rings (SSSR count). The molecule has 0 saturated heterocycles. The second kappa shape index (κ2) is 6.74. The molecule has 2 atom stereocenters. The van der Waals surface area contributed by atoms with E-state index < -0.39 is 6.10 Å². The zero-order valence-corrected chi connectivity index (χ0v) is 11.5. The minimum Gasteiger partial charge on any atom is -0.387 e. The Balaban J connectivity index is 2.50. The molecule has 5 heteroatoms. The summed E-state index contributed by atoms with van der Waals surface area (Å²) in [6, 6.07) is 7.15. The SMILES string of the molecule is CNC(=O)C(C)NCC(O)c1cccc(Br)c1. The van der Waals surface area contributed by atoms with Gasteiger partial charge in [-0.1, -0.05) is 28.1 Å². The van der Waals surface area contributed by atoms with E-state index in [9.17, 15) is 9.90 Å². The van der Waals surface area contributed by atoms with Crippen molar-refractivity contribution < 1.29 is 9.90 Å². The molecule has 0 aliphatic rings. The van der Waals surface area contributed by atoms with E-state index in [1.165, 1.54) is 0 Å². The van der Waals surface area contributed by atoms with Gasteiger partial charge in [0, 0.05) is 18.1 Å². The van der Waals surface area contributed by atoms with Crippen molar-refractivity contribution >= 4 is 21.8 Å². The predicted octanol–water partition coefficient (Wildman–Crippen LogP) is 1.21. The van der Waals surface area contributed by atoms with E-state index in [1.54, 1.807) is 14.0 Å². The normalized spacial score (nSPS) is 14.1. The van der Waals surface area contributed by atoms with Gasteiger partial charge in [-0.3, -0.25) is 4.79 Å². The lowest BCUT2D eigenvalue weighted by molar-refractivity contribution is -0.122. The van der Waals surface area contributed by atoms with Crippen molar-refractivity contribution in [1.82, 2.24) is 10.6 Å². The van der Waals surface area contributed by atoms with Crippen LogP contribution in [0.25, 0.3) is 0 Å². The van der Waals surface area contributed by atoms with E-state index in [1.807, 2.05) is 24.3 Å². The molecular weight excluding hydrogens is 284 g/mol. The standard InChI is InChI=1S/C12H17BrN2O2/c1-8(12(17)14-2)15-7-11(16)9-4-3-5-10(13)6-9/h3-6,8,11,15-16H,7H2,1-2H3,(H,14,17). The lowest BCUT2D eigenvalue weighted by Gasteiger charge is -2.16. The lowest BCUT2D eigenvalue weighted by atomic mass is 10.1. The molecule has 0 aromatic heterocycles. The maximum atomic E-state index is 11.3. The number of amides is 1. The first-order chi connectivity index (χ1) is 8.04. The molecule has 2 unspecified atom stereocenters. The first kappa shape index (κ1) is 14.2. The molecule has 17 heavy (non-hydrogen) atoms. The Labute approximate surface area is 110 Å². The maximum Gasteiger partial charge on any atom is 0.236 e. The molecule has 0 heterocycles. The minimum absolute atomic E-state index is 0.0913. The molecule has 0 aliphatic carbocycles. The molecule has 0 aliphatic heterocycles. The van der Waals surface area contributed by atoms with Crippen LogP contribution in [0.5, 0.6) is 0 Å². The molecular formula is C12H17BrN2O2. The Morgan fingerprint density at radius 1 is 1.53 bits per heavy atom. The number of carbonyl (C=O) groups is 1. The second-order valence-electron chi connectivity index (χ2n) is 3.81. The van der Waals surface area contributed by atoms with E-state index in [2.05, 4.69) is 26.6 Å². The van der Waals surface area contributed by atoms with Crippen LogP contribution < -0.4 is 10.6 Å². The fourth-order valence-corrected chi connectivity index (χ4v) is 1.85. The van der Waals surface area contributed by atoms with Crippen LogP contribution in [0.2, 0.25) is 0 Å². The van der Waals surface area contributed by atoms with Crippen LogP contribution in [-0.2, 0) is 4.79 Å². The van der Waals surface area contributed by atoms with Gasteiger partial charge >= 0.3 is 0 Å². The molecule has 0 spiro atoms.